The van der Waals surface area contributed by atoms with E-state index in [0.29, 0.717) is 0 Å². The van der Waals surface area contributed by atoms with Gasteiger partial charge >= 0.3 is 0 Å². The Kier molecular flexibility index (Phi) is 5.71. The van der Waals surface area contributed by atoms with Gasteiger partial charge < -0.3 is 10.6 Å². The fourth-order valence-electron chi connectivity index (χ4n) is 7.23. The number of nitrogens with zero attached hydrogens (tertiary/aromatic N) is 2. The van der Waals surface area contributed by atoms with Crippen molar-refractivity contribution >= 4 is 22.6 Å². The Morgan fingerprint density at radius 1 is 0.475 bits per heavy atom. The molecule has 2 aromatic rings. The van der Waals surface area contributed by atoms with E-state index in [4.69, 9.17) is 9.98 Å². The highest BCUT2D eigenvalue weighted by molar-refractivity contribution is 6.33. The summed E-state index contributed by atoms with van der Waals surface area (Å²) in [6.07, 6.45) is 12.6. The molecule has 5 aliphatic rings. The molecule has 2 fully saturated rings. The molecule has 5 heterocycles. The molecule has 2 saturated heterocycles. The van der Waals surface area contributed by atoms with Crippen molar-refractivity contribution in [3.8, 4) is 0 Å². The van der Waals surface area contributed by atoms with Gasteiger partial charge in [0, 0.05) is 33.9 Å². The lowest BCUT2D eigenvalue weighted by atomic mass is 9.89. The molecule has 40 heavy (non-hydrogen) atoms. The molecule has 200 valence electrons. The van der Waals surface area contributed by atoms with Gasteiger partial charge in [0.05, 0.1) is 22.8 Å². The Labute approximate surface area is 237 Å². The third-order valence-electron chi connectivity index (χ3n) is 8.72. The van der Waals surface area contributed by atoms with Gasteiger partial charge in [-0.1, -0.05) is 35.4 Å². The molecular formula is C36H36N4. The lowest BCUT2D eigenvalue weighted by molar-refractivity contribution is 1.02. The van der Waals surface area contributed by atoms with E-state index in [1.54, 1.807) is 0 Å². The number of aliphatic imine (C=N–C) groups is 2. The first-order chi connectivity index (χ1) is 19.3. The number of hydrogen-bond donors (Lipinski definition) is 2. The maximum Gasteiger partial charge on any atom is 0.0830 e. The molecule has 8 bridgehead atoms. The summed E-state index contributed by atoms with van der Waals surface area (Å²) in [6, 6.07) is 9.15. The van der Waals surface area contributed by atoms with E-state index in [2.05, 4.69) is 101 Å². The molecule has 0 aliphatic carbocycles. The second-order valence-corrected chi connectivity index (χ2v) is 11.9. The Morgan fingerprint density at radius 2 is 0.825 bits per heavy atom. The average Bonchev–Trinajstić information content (AvgIpc) is 3.69. The zero-order valence-corrected chi connectivity index (χ0v) is 24.3. The Hall–Kier alpha value is -4.18. The van der Waals surface area contributed by atoms with E-state index in [0.717, 1.165) is 48.5 Å². The van der Waals surface area contributed by atoms with E-state index >= 15 is 0 Å². The van der Waals surface area contributed by atoms with E-state index < -0.39 is 0 Å². The molecule has 5 aliphatic heterocycles. The quantitative estimate of drug-likeness (QED) is 0.420. The summed E-state index contributed by atoms with van der Waals surface area (Å²) in [5, 5.41) is 7.67. The van der Waals surface area contributed by atoms with Crippen LogP contribution in [0.2, 0.25) is 0 Å². The maximum absolute atomic E-state index is 5.27. The molecule has 0 aromatic heterocycles. The van der Waals surface area contributed by atoms with Crippen molar-refractivity contribution in [1.82, 2.24) is 10.6 Å². The highest BCUT2D eigenvalue weighted by Crippen LogP contribution is 2.40. The lowest BCUT2D eigenvalue weighted by Crippen LogP contribution is -2.14. The highest BCUT2D eigenvalue weighted by Gasteiger charge is 2.30. The minimum Gasteiger partial charge on any atom is -0.360 e. The minimum absolute atomic E-state index is 0.941. The largest absolute Gasteiger partial charge is 0.360 e. The summed E-state index contributed by atoms with van der Waals surface area (Å²) in [5.74, 6) is 0. The Morgan fingerprint density at radius 3 is 1.20 bits per heavy atom. The van der Waals surface area contributed by atoms with Crippen LogP contribution in [0.15, 0.2) is 92.7 Å². The number of rotatable bonds is 2. The molecule has 0 unspecified atom stereocenters. The highest BCUT2D eigenvalue weighted by atomic mass is 15.0. The summed E-state index contributed by atoms with van der Waals surface area (Å²) >= 11 is 0. The zero-order valence-electron chi connectivity index (χ0n) is 24.3. The van der Waals surface area contributed by atoms with Gasteiger partial charge in [0.25, 0.3) is 0 Å². The average molecular weight is 525 g/mol. The van der Waals surface area contributed by atoms with Crippen LogP contribution in [0.25, 0.3) is 11.1 Å². The van der Waals surface area contributed by atoms with Gasteiger partial charge in [-0.05, 0) is 125 Å². The number of benzene rings is 2. The normalized spacial score (nSPS) is 19.4. The van der Waals surface area contributed by atoms with Gasteiger partial charge in [-0.2, -0.15) is 0 Å². The molecule has 2 N–H and O–H groups in total. The molecule has 4 nitrogen and oxygen atoms in total. The summed E-state index contributed by atoms with van der Waals surface area (Å²) in [6.45, 7) is 13.3. The van der Waals surface area contributed by atoms with E-state index in [1.165, 1.54) is 78.4 Å². The van der Waals surface area contributed by atoms with Crippen LogP contribution in [0.5, 0.6) is 0 Å². The second kappa shape index (κ2) is 9.19. The first kappa shape index (κ1) is 24.8. The third-order valence-corrected chi connectivity index (χ3v) is 8.72. The van der Waals surface area contributed by atoms with E-state index in [1.807, 2.05) is 0 Å². The second-order valence-electron chi connectivity index (χ2n) is 11.9. The van der Waals surface area contributed by atoms with Crippen LogP contribution in [-0.2, 0) is 0 Å². The van der Waals surface area contributed by atoms with Gasteiger partial charge in [0.1, 0.15) is 0 Å². The van der Waals surface area contributed by atoms with Crippen molar-refractivity contribution in [2.75, 3.05) is 0 Å². The smallest absolute Gasteiger partial charge is 0.0830 e. The number of fused-ring (bicyclic) bond motifs is 6. The topological polar surface area (TPSA) is 48.8 Å². The third kappa shape index (κ3) is 3.97. The van der Waals surface area contributed by atoms with Gasteiger partial charge in [-0.25, -0.2) is 9.98 Å². The Balaban J connectivity index is 1.47. The molecule has 2 aromatic carbocycles. The van der Waals surface area contributed by atoms with Crippen molar-refractivity contribution in [1.29, 1.82) is 0 Å². The predicted molar refractivity (Wildman–Crippen MR) is 167 cm³/mol. The maximum atomic E-state index is 5.27. The molecule has 0 saturated carbocycles. The minimum atomic E-state index is 0.941. The molecule has 0 atom stereocenters. The number of nitrogens with one attached hydrogen (secondary N) is 2. The SMILES string of the molecule is Cc1cc(C)c(C2=C3CCC(=C4C=CC(=N4)C(c4c(C)cc(C)cc4C)=C4CCC(=C5C=CC2=N5)N4)N3)c(C)c1. The predicted octanol–water partition coefficient (Wildman–Crippen LogP) is 7.88. The monoisotopic (exact) mass is 524 g/mol. The van der Waals surface area contributed by atoms with Crippen LogP contribution >= 0.6 is 0 Å². The van der Waals surface area contributed by atoms with E-state index in [-0.39, 0.29) is 0 Å². The van der Waals surface area contributed by atoms with Crippen LogP contribution < -0.4 is 10.6 Å². The van der Waals surface area contributed by atoms with Crippen molar-refractivity contribution in [3.63, 3.8) is 0 Å². The van der Waals surface area contributed by atoms with Crippen molar-refractivity contribution < 1.29 is 0 Å². The summed E-state index contributed by atoms with van der Waals surface area (Å²) in [4.78, 5) is 10.5. The van der Waals surface area contributed by atoms with Crippen LogP contribution in [0.1, 0.15) is 70.2 Å². The van der Waals surface area contributed by atoms with Crippen molar-refractivity contribution in [3.05, 3.63) is 127 Å². The lowest BCUT2D eigenvalue weighted by Gasteiger charge is -2.19. The summed E-state index contributed by atoms with van der Waals surface area (Å²) in [5.41, 5.74) is 21.8. The number of aryl methyl sites for hydroxylation is 6. The van der Waals surface area contributed by atoms with Crippen LogP contribution in [0, 0.1) is 41.5 Å². The van der Waals surface area contributed by atoms with Crippen LogP contribution in [0.4, 0.5) is 0 Å². The molecule has 0 amide bonds. The van der Waals surface area contributed by atoms with Crippen molar-refractivity contribution in [2.45, 2.75) is 67.2 Å². The summed E-state index contributed by atoms with van der Waals surface area (Å²) in [7, 11) is 0. The van der Waals surface area contributed by atoms with Crippen LogP contribution in [0.3, 0.4) is 0 Å². The number of hydrogen-bond acceptors (Lipinski definition) is 4. The van der Waals surface area contributed by atoms with Gasteiger partial charge in [0.2, 0.25) is 0 Å². The number of allylic oxidation sites excluding steroid dienone is 10. The fourth-order valence-corrected chi connectivity index (χ4v) is 7.23. The van der Waals surface area contributed by atoms with E-state index in [9.17, 15) is 0 Å². The Bertz CT molecular complexity index is 1600. The molecule has 0 radical (unpaired) electrons. The van der Waals surface area contributed by atoms with Gasteiger partial charge in [0.15, 0.2) is 0 Å². The van der Waals surface area contributed by atoms with Gasteiger partial charge in [-0.15, -0.1) is 0 Å². The zero-order chi connectivity index (χ0) is 27.7. The fraction of sp³-hybridized carbons (Fsp3) is 0.278. The molecular weight excluding hydrogens is 488 g/mol. The first-order valence-electron chi connectivity index (χ1n) is 14.4. The van der Waals surface area contributed by atoms with Gasteiger partial charge in [-0.3, -0.25) is 0 Å². The molecule has 7 rings (SSSR count). The standard InChI is InChI=1S/C36H36N4/c1-19-15-21(3)33(22(4)16-19)35-29-11-7-25(37-29)27-9-13-31(39-27)36(34-23(5)17-20(2)18-24(34)6)32-14-10-28(40-32)26-8-12-30(35)38-26/h7,10-11,14-18,38-39H,8-9,12-13H2,1-6H3. The van der Waals surface area contributed by atoms with Crippen LogP contribution in [-0.4, -0.2) is 11.4 Å². The van der Waals surface area contributed by atoms with Crippen molar-refractivity contribution in [2.24, 2.45) is 9.98 Å². The molecule has 4 heteroatoms. The summed E-state index contributed by atoms with van der Waals surface area (Å²) < 4.78 is 0. The first-order valence-corrected chi connectivity index (χ1v) is 14.4. The molecule has 0 spiro atoms.